The maximum atomic E-state index is 11.8. The van der Waals surface area contributed by atoms with Crippen molar-refractivity contribution in [2.24, 2.45) is 5.92 Å². The van der Waals surface area contributed by atoms with Crippen molar-refractivity contribution in [1.29, 1.82) is 0 Å². The summed E-state index contributed by atoms with van der Waals surface area (Å²) in [6, 6.07) is 0.447. The fourth-order valence-electron chi connectivity index (χ4n) is 2.12. The molecule has 1 aliphatic rings. The van der Waals surface area contributed by atoms with Gasteiger partial charge in [-0.05, 0) is 18.8 Å². The maximum Gasteiger partial charge on any atom is 0.411 e. The first-order valence-electron chi connectivity index (χ1n) is 5.87. The van der Waals surface area contributed by atoms with Crippen LogP contribution >= 0.6 is 0 Å². The zero-order valence-electron chi connectivity index (χ0n) is 9.65. The van der Waals surface area contributed by atoms with E-state index in [0.29, 0.717) is 18.5 Å². The van der Waals surface area contributed by atoms with Gasteiger partial charge in [-0.15, -0.1) is 0 Å². The molecule has 1 N–H and O–H groups in total. The molecule has 0 saturated heterocycles. The summed E-state index contributed by atoms with van der Waals surface area (Å²) in [5.74, 6) is 0.622. The summed E-state index contributed by atoms with van der Waals surface area (Å²) >= 11 is 0. The average Bonchev–Trinajstić information content (AvgIpc) is 2.18. The predicted molar refractivity (Wildman–Crippen MR) is 56.3 cm³/mol. The zero-order chi connectivity index (χ0) is 12.0. The number of halogens is 3. The Morgan fingerprint density at radius 3 is 2.56 bits per heavy atom. The molecule has 1 saturated carbocycles. The third kappa shape index (κ3) is 5.70. The van der Waals surface area contributed by atoms with E-state index in [-0.39, 0.29) is 6.61 Å². The third-order valence-corrected chi connectivity index (χ3v) is 3.03. The molecule has 1 rings (SSSR count). The average molecular weight is 239 g/mol. The van der Waals surface area contributed by atoms with Crippen LogP contribution < -0.4 is 5.32 Å². The van der Waals surface area contributed by atoms with Crippen molar-refractivity contribution in [2.75, 3.05) is 19.8 Å². The van der Waals surface area contributed by atoms with Crippen LogP contribution in [0.5, 0.6) is 0 Å². The second kappa shape index (κ2) is 6.45. The summed E-state index contributed by atoms with van der Waals surface area (Å²) in [6.45, 7) is 1.68. The van der Waals surface area contributed by atoms with Crippen molar-refractivity contribution in [2.45, 2.75) is 44.8 Å². The molecule has 0 radical (unpaired) electrons. The second-order valence-electron chi connectivity index (χ2n) is 4.49. The van der Waals surface area contributed by atoms with Gasteiger partial charge in [-0.2, -0.15) is 13.2 Å². The Kier molecular flexibility index (Phi) is 5.55. The number of ether oxygens (including phenoxy) is 1. The van der Waals surface area contributed by atoms with E-state index in [0.717, 1.165) is 6.42 Å². The summed E-state index contributed by atoms with van der Waals surface area (Å²) < 4.78 is 39.8. The van der Waals surface area contributed by atoms with Crippen LogP contribution in [0.2, 0.25) is 0 Å². The van der Waals surface area contributed by atoms with E-state index < -0.39 is 12.8 Å². The lowest BCUT2D eigenvalue weighted by molar-refractivity contribution is -0.173. The van der Waals surface area contributed by atoms with Crippen LogP contribution in [0.3, 0.4) is 0 Å². The summed E-state index contributed by atoms with van der Waals surface area (Å²) in [5, 5.41) is 3.27. The minimum absolute atomic E-state index is 0.128. The first kappa shape index (κ1) is 13.8. The molecule has 0 heterocycles. The number of rotatable bonds is 5. The van der Waals surface area contributed by atoms with Crippen molar-refractivity contribution in [3.8, 4) is 0 Å². The van der Waals surface area contributed by atoms with Gasteiger partial charge in [0.2, 0.25) is 0 Å². The summed E-state index contributed by atoms with van der Waals surface area (Å²) in [4.78, 5) is 0. The van der Waals surface area contributed by atoms with Crippen LogP contribution in [0.25, 0.3) is 0 Å². The molecule has 0 bridgehead atoms. The van der Waals surface area contributed by atoms with E-state index in [2.05, 4.69) is 17.0 Å². The van der Waals surface area contributed by atoms with Crippen molar-refractivity contribution < 1.29 is 17.9 Å². The lowest BCUT2D eigenvalue weighted by Gasteiger charge is -2.29. The molecule has 2 nitrogen and oxygen atoms in total. The lowest BCUT2D eigenvalue weighted by atomic mass is 9.86. The largest absolute Gasteiger partial charge is 0.411 e. The molecular formula is C11H20F3NO. The number of nitrogens with one attached hydrogen (secondary N) is 1. The number of alkyl halides is 3. The van der Waals surface area contributed by atoms with Crippen LogP contribution in [0.15, 0.2) is 0 Å². The Bertz CT molecular complexity index is 196. The molecule has 16 heavy (non-hydrogen) atoms. The fourth-order valence-corrected chi connectivity index (χ4v) is 2.12. The second-order valence-corrected chi connectivity index (χ2v) is 4.49. The van der Waals surface area contributed by atoms with Crippen molar-refractivity contribution in [3.63, 3.8) is 0 Å². The standard InChI is InChI=1S/C11H20F3NO/c1-9-4-2-3-5-10(9)15-6-7-16-8-11(12,13)14/h9-10,15H,2-8H2,1H3. The zero-order valence-corrected chi connectivity index (χ0v) is 9.65. The Labute approximate surface area is 94.5 Å². The van der Waals surface area contributed by atoms with Crippen molar-refractivity contribution in [3.05, 3.63) is 0 Å². The summed E-state index contributed by atoms with van der Waals surface area (Å²) in [7, 11) is 0. The molecule has 5 heteroatoms. The normalized spacial score (nSPS) is 27.0. The molecule has 0 aromatic heterocycles. The topological polar surface area (TPSA) is 21.3 Å². The Morgan fingerprint density at radius 1 is 1.25 bits per heavy atom. The molecule has 0 aromatic rings. The van der Waals surface area contributed by atoms with Gasteiger partial charge in [-0.1, -0.05) is 19.8 Å². The lowest BCUT2D eigenvalue weighted by Crippen LogP contribution is -2.39. The highest BCUT2D eigenvalue weighted by Gasteiger charge is 2.27. The van der Waals surface area contributed by atoms with Crippen LogP contribution in [0.1, 0.15) is 32.6 Å². The Balaban J connectivity index is 2.02. The van der Waals surface area contributed by atoms with E-state index in [1.165, 1.54) is 19.3 Å². The van der Waals surface area contributed by atoms with E-state index in [1.807, 2.05) is 0 Å². The van der Waals surface area contributed by atoms with E-state index in [9.17, 15) is 13.2 Å². The molecule has 0 aliphatic heterocycles. The van der Waals surface area contributed by atoms with E-state index in [4.69, 9.17) is 0 Å². The van der Waals surface area contributed by atoms with Crippen molar-refractivity contribution in [1.82, 2.24) is 5.32 Å². The van der Waals surface area contributed by atoms with Gasteiger partial charge in [0.25, 0.3) is 0 Å². The van der Waals surface area contributed by atoms with Gasteiger partial charge in [0.05, 0.1) is 6.61 Å². The SMILES string of the molecule is CC1CCCCC1NCCOCC(F)(F)F. The molecule has 0 aromatic carbocycles. The molecular weight excluding hydrogens is 219 g/mol. The molecule has 1 fully saturated rings. The van der Waals surface area contributed by atoms with Gasteiger partial charge in [0.15, 0.2) is 0 Å². The highest BCUT2D eigenvalue weighted by atomic mass is 19.4. The van der Waals surface area contributed by atoms with Crippen LogP contribution in [0, 0.1) is 5.92 Å². The van der Waals surface area contributed by atoms with Gasteiger partial charge >= 0.3 is 6.18 Å². The molecule has 96 valence electrons. The van der Waals surface area contributed by atoms with Gasteiger partial charge < -0.3 is 10.1 Å². The Morgan fingerprint density at radius 2 is 1.94 bits per heavy atom. The van der Waals surface area contributed by atoms with Gasteiger partial charge in [-0.3, -0.25) is 0 Å². The van der Waals surface area contributed by atoms with Gasteiger partial charge in [0, 0.05) is 12.6 Å². The molecule has 0 spiro atoms. The first-order valence-corrected chi connectivity index (χ1v) is 5.87. The van der Waals surface area contributed by atoms with Gasteiger partial charge in [0.1, 0.15) is 6.61 Å². The third-order valence-electron chi connectivity index (χ3n) is 3.03. The minimum Gasteiger partial charge on any atom is -0.371 e. The molecule has 2 atom stereocenters. The van der Waals surface area contributed by atoms with Crippen LogP contribution in [0.4, 0.5) is 13.2 Å². The predicted octanol–water partition coefficient (Wildman–Crippen LogP) is 2.73. The number of hydrogen-bond acceptors (Lipinski definition) is 2. The smallest absolute Gasteiger partial charge is 0.371 e. The number of hydrogen-bond donors (Lipinski definition) is 1. The molecule has 0 amide bonds. The monoisotopic (exact) mass is 239 g/mol. The summed E-state index contributed by atoms with van der Waals surface area (Å²) in [5.41, 5.74) is 0. The Hall–Kier alpha value is -0.290. The minimum atomic E-state index is -4.21. The van der Waals surface area contributed by atoms with Crippen LogP contribution in [-0.2, 0) is 4.74 Å². The van der Waals surface area contributed by atoms with Crippen LogP contribution in [-0.4, -0.2) is 32.0 Å². The fraction of sp³-hybridized carbons (Fsp3) is 1.00. The van der Waals surface area contributed by atoms with E-state index >= 15 is 0 Å². The quantitative estimate of drug-likeness (QED) is 0.745. The molecule has 2 unspecified atom stereocenters. The first-order chi connectivity index (χ1) is 7.49. The molecule has 1 aliphatic carbocycles. The summed E-state index contributed by atoms with van der Waals surface area (Å²) in [6.07, 6.45) is 0.606. The maximum absolute atomic E-state index is 11.8. The van der Waals surface area contributed by atoms with E-state index in [1.54, 1.807) is 0 Å². The highest BCUT2D eigenvalue weighted by molar-refractivity contribution is 4.77. The van der Waals surface area contributed by atoms with Gasteiger partial charge in [-0.25, -0.2) is 0 Å². The highest BCUT2D eigenvalue weighted by Crippen LogP contribution is 2.23. The van der Waals surface area contributed by atoms with Crippen molar-refractivity contribution >= 4 is 0 Å².